The van der Waals surface area contributed by atoms with Gasteiger partial charge in [-0.05, 0) is 19.1 Å². The molecule has 0 amide bonds. The molecule has 0 aliphatic carbocycles. The maximum atomic E-state index is 12.7. The fraction of sp³-hybridized carbons (Fsp3) is 0.125. The van der Waals surface area contributed by atoms with Crippen molar-refractivity contribution in [2.24, 2.45) is 0 Å². The van der Waals surface area contributed by atoms with Crippen LogP contribution in [0.15, 0.2) is 18.2 Å². The molecule has 0 bridgehead atoms. The SMILES string of the molecule is C[CH]Oc1ccc(F)cc1F. The molecule has 1 radical (unpaired) electrons. The Bertz CT molecular complexity index is 248. The standard InChI is InChI=1S/C8H7F2O/c1-2-11-8-4-3-6(9)5-7(8)10/h2-5H,1H3. The third-order valence-corrected chi connectivity index (χ3v) is 1.14. The van der Waals surface area contributed by atoms with Crippen LogP contribution in [0.4, 0.5) is 8.78 Å². The molecule has 1 aromatic carbocycles. The van der Waals surface area contributed by atoms with Crippen LogP contribution in [0.1, 0.15) is 6.92 Å². The maximum absolute atomic E-state index is 12.7. The van der Waals surface area contributed by atoms with E-state index in [9.17, 15) is 8.78 Å². The highest BCUT2D eigenvalue weighted by molar-refractivity contribution is 5.24. The van der Waals surface area contributed by atoms with Gasteiger partial charge in [0.1, 0.15) is 12.4 Å². The highest BCUT2D eigenvalue weighted by atomic mass is 19.1. The van der Waals surface area contributed by atoms with E-state index in [1.165, 1.54) is 12.7 Å². The smallest absolute Gasteiger partial charge is 0.167 e. The van der Waals surface area contributed by atoms with Gasteiger partial charge in [-0.15, -0.1) is 0 Å². The molecule has 0 saturated carbocycles. The fourth-order valence-electron chi connectivity index (χ4n) is 0.698. The second kappa shape index (κ2) is 3.32. The Morgan fingerprint density at radius 3 is 2.64 bits per heavy atom. The van der Waals surface area contributed by atoms with Crippen LogP contribution in [-0.2, 0) is 0 Å². The van der Waals surface area contributed by atoms with E-state index >= 15 is 0 Å². The van der Waals surface area contributed by atoms with E-state index in [-0.39, 0.29) is 5.75 Å². The van der Waals surface area contributed by atoms with E-state index in [0.29, 0.717) is 0 Å². The van der Waals surface area contributed by atoms with Crippen molar-refractivity contribution in [1.82, 2.24) is 0 Å². The summed E-state index contributed by atoms with van der Waals surface area (Å²) in [5.41, 5.74) is 0. The summed E-state index contributed by atoms with van der Waals surface area (Å²) in [6.45, 7) is 2.94. The number of hydrogen-bond donors (Lipinski definition) is 0. The summed E-state index contributed by atoms with van der Waals surface area (Å²) in [5.74, 6) is -1.26. The molecule has 0 aromatic heterocycles. The van der Waals surface area contributed by atoms with Gasteiger partial charge in [0.2, 0.25) is 0 Å². The molecule has 1 nitrogen and oxygen atoms in total. The molecule has 0 unspecified atom stereocenters. The molecule has 0 N–H and O–H groups in total. The Labute approximate surface area is 63.6 Å². The Morgan fingerprint density at radius 1 is 1.36 bits per heavy atom. The lowest BCUT2D eigenvalue weighted by Crippen LogP contribution is -1.89. The number of hydrogen-bond acceptors (Lipinski definition) is 1. The molecule has 0 heterocycles. The van der Waals surface area contributed by atoms with Crippen molar-refractivity contribution in [3.05, 3.63) is 36.4 Å². The normalized spacial score (nSPS) is 9.73. The van der Waals surface area contributed by atoms with Crippen LogP contribution in [0, 0.1) is 18.2 Å². The van der Waals surface area contributed by atoms with E-state index in [2.05, 4.69) is 0 Å². The molecule has 1 aromatic rings. The van der Waals surface area contributed by atoms with Crippen LogP contribution in [0.3, 0.4) is 0 Å². The topological polar surface area (TPSA) is 9.23 Å². The Kier molecular flexibility index (Phi) is 2.41. The lowest BCUT2D eigenvalue weighted by molar-refractivity contribution is 0.386. The Hall–Kier alpha value is -1.12. The van der Waals surface area contributed by atoms with Gasteiger partial charge in [0.25, 0.3) is 0 Å². The summed E-state index contributed by atoms with van der Waals surface area (Å²) < 4.78 is 29.7. The van der Waals surface area contributed by atoms with Crippen LogP contribution >= 0.6 is 0 Å². The van der Waals surface area contributed by atoms with E-state index in [1.54, 1.807) is 6.92 Å². The highest BCUT2D eigenvalue weighted by Crippen LogP contribution is 2.17. The van der Waals surface area contributed by atoms with Crippen LogP contribution in [0.25, 0.3) is 0 Å². The first-order chi connectivity index (χ1) is 5.24. The molecular weight excluding hydrogens is 150 g/mol. The molecule has 1 rings (SSSR count). The van der Waals surface area contributed by atoms with Gasteiger partial charge >= 0.3 is 0 Å². The van der Waals surface area contributed by atoms with E-state index in [4.69, 9.17) is 4.74 Å². The molecule has 11 heavy (non-hydrogen) atoms. The first kappa shape index (κ1) is 7.98. The van der Waals surface area contributed by atoms with Gasteiger partial charge < -0.3 is 4.74 Å². The second-order valence-electron chi connectivity index (χ2n) is 1.93. The van der Waals surface area contributed by atoms with Crippen molar-refractivity contribution in [2.45, 2.75) is 6.92 Å². The van der Waals surface area contributed by atoms with Crippen LogP contribution in [0.2, 0.25) is 0 Å². The van der Waals surface area contributed by atoms with Crippen LogP contribution < -0.4 is 4.74 Å². The summed E-state index contributed by atoms with van der Waals surface area (Å²) in [7, 11) is 0. The third kappa shape index (κ3) is 1.90. The molecular formula is C8H7F2O. The third-order valence-electron chi connectivity index (χ3n) is 1.14. The first-order valence-electron chi connectivity index (χ1n) is 3.13. The van der Waals surface area contributed by atoms with Gasteiger partial charge in [-0.3, -0.25) is 0 Å². The summed E-state index contributed by atoms with van der Waals surface area (Å²) in [4.78, 5) is 0. The molecule has 59 valence electrons. The molecule has 0 fully saturated rings. The zero-order valence-electron chi connectivity index (χ0n) is 5.97. The summed E-state index contributed by atoms with van der Waals surface area (Å²) in [5, 5.41) is 0. The first-order valence-corrected chi connectivity index (χ1v) is 3.13. The largest absolute Gasteiger partial charge is 0.484 e. The zero-order valence-corrected chi connectivity index (χ0v) is 5.97. The molecule has 0 aliphatic rings. The van der Waals surface area contributed by atoms with Crippen LogP contribution in [0.5, 0.6) is 5.75 Å². The van der Waals surface area contributed by atoms with Crippen LogP contribution in [-0.4, -0.2) is 0 Å². The molecule has 0 atom stereocenters. The quantitative estimate of drug-likeness (QED) is 0.640. The van der Waals surface area contributed by atoms with Crippen molar-refractivity contribution < 1.29 is 13.5 Å². The highest BCUT2D eigenvalue weighted by Gasteiger charge is 2.02. The Morgan fingerprint density at radius 2 is 2.09 bits per heavy atom. The average molecular weight is 157 g/mol. The van der Waals surface area contributed by atoms with E-state index in [1.807, 2.05) is 0 Å². The zero-order chi connectivity index (χ0) is 8.27. The van der Waals surface area contributed by atoms with Crippen molar-refractivity contribution in [3.8, 4) is 5.75 Å². The predicted molar refractivity (Wildman–Crippen MR) is 37.0 cm³/mol. The van der Waals surface area contributed by atoms with Crippen molar-refractivity contribution in [1.29, 1.82) is 0 Å². The van der Waals surface area contributed by atoms with Crippen molar-refractivity contribution >= 4 is 0 Å². The fourth-order valence-corrected chi connectivity index (χ4v) is 0.698. The average Bonchev–Trinajstić information content (AvgIpc) is 1.95. The Balaban J connectivity index is 2.90. The summed E-state index contributed by atoms with van der Waals surface area (Å²) >= 11 is 0. The molecule has 0 aliphatic heterocycles. The number of halogens is 2. The van der Waals surface area contributed by atoms with Crippen molar-refractivity contribution in [2.75, 3.05) is 0 Å². The molecule has 3 heteroatoms. The second-order valence-corrected chi connectivity index (χ2v) is 1.93. The summed E-state index contributed by atoms with van der Waals surface area (Å²) in [6.07, 6.45) is 0. The minimum Gasteiger partial charge on any atom is -0.484 e. The molecule has 0 saturated heterocycles. The lowest BCUT2D eigenvalue weighted by atomic mass is 10.3. The minimum absolute atomic E-state index is 0.0360. The maximum Gasteiger partial charge on any atom is 0.167 e. The molecule has 0 spiro atoms. The van der Waals surface area contributed by atoms with Gasteiger partial charge in [0.15, 0.2) is 11.6 Å². The monoisotopic (exact) mass is 157 g/mol. The summed E-state index contributed by atoms with van der Waals surface area (Å²) in [6, 6.07) is 3.16. The predicted octanol–water partition coefficient (Wildman–Crippen LogP) is 2.53. The van der Waals surface area contributed by atoms with E-state index < -0.39 is 11.6 Å². The van der Waals surface area contributed by atoms with Crippen molar-refractivity contribution in [3.63, 3.8) is 0 Å². The minimum atomic E-state index is -0.692. The number of rotatable bonds is 2. The van der Waals surface area contributed by atoms with Gasteiger partial charge in [-0.25, -0.2) is 8.78 Å². The number of ether oxygens (including phenoxy) is 1. The van der Waals surface area contributed by atoms with Gasteiger partial charge in [-0.2, -0.15) is 0 Å². The lowest BCUT2D eigenvalue weighted by Gasteiger charge is -2.01. The number of benzene rings is 1. The van der Waals surface area contributed by atoms with Gasteiger partial charge in [0.05, 0.1) is 0 Å². The van der Waals surface area contributed by atoms with Gasteiger partial charge in [0, 0.05) is 6.07 Å². The van der Waals surface area contributed by atoms with Gasteiger partial charge in [-0.1, -0.05) is 0 Å². The van der Waals surface area contributed by atoms with E-state index in [0.717, 1.165) is 12.1 Å².